The van der Waals surface area contributed by atoms with Crippen molar-refractivity contribution in [1.29, 1.82) is 0 Å². The van der Waals surface area contributed by atoms with Crippen molar-refractivity contribution < 1.29 is 9.84 Å². The molecule has 3 nitrogen and oxygen atoms in total. The van der Waals surface area contributed by atoms with Crippen molar-refractivity contribution in [1.82, 2.24) is 5.32 Å². The summed E-state index contributed by atoms with van der Waals surface area (Å²) >= 11 is 1.79. The van der Waals surface area contributed by atoms with Crippen LogP contribution < -0.4 is 10.1 Å². The molecule has 2 N–H and O–H groups in total. The highest BCUT2D eigenvalue weighted by Gasteiger charge is 2.19. The fourth-order valence-corrected chi connectivity index (χ4v) is 3.16. The van der Waals surface area contributed by atoms with Gasteiger partial charge in [-0.15, -0.1) is 23.7 Å². The van der Waals surface area contributed by atoms with E-state index in [1.807, 2.05) is 0 Å². The maximum absolute atomic E-state index is 9.88. The van der Waals surface area contributed by atoms with E-state index in [1.54, 1.807) is 11.3 Å². The zero-order valence-electron chi connectivity index (χ0n) is 11.9. The van der Waals surface area contributed by atoms with Gasteiger partial charge in [-0.05, 0) is 40.0 Å². The molecule has 0 radical (unpaired) electrons. The highest BCUT2D eigenvalue weighted by molar-refractivity contribution is 7.10. The molecule has 0 saturated carbocycles. The summed E-state index contributed by atoms with van der Waals surface area (Å²) in [7, 11) is 0. The number of hydrogen-bond donors (Lipinski definition) is 2. The Bertz CT molecular complexity index is 401. The molecule has 5 heteroatoms. The average Bonchev–Trinajstić information content (AvgIpc) is 2.85. The lowest BCUT2D eigenvalue weighted by Crippen LogP contribution is -2.42. The number of thiophene rings is 1. The first-order valence-electron chi connectivity index (χ1n) is 6.61. The quantitative estimate of drug-likeness (QED) is 0.879. The molecular weight excluding hydrogens is 282 g/mol. The fourth-order valence-electron chi connectivity index (χ4n) is 2.09. The van der Waals surface area contributed by atoms with Crippen LogP contribution in [0.5, 0.6) is 5.75 Å². The maximum atomic E-state index is 9.88. The third-order valence-electron chi connectivity index (χ3n) is 3.07. The van der Waals surface area contributed by atoms with Gasteiger partial charge < -0.3 is 15.2 Å². The maximum Gasteiger partial charge on any atom is 0.133 e. The van der Waals surface area contributed by atoms with Crippen LogP contribution >= 0.6 is 23.7 Å². The van der Waals surface area contributed by atoms with E-state index in [-0.39, 0.29) is 17.9 Å². The monoisotopic (exact) mass is 305 g/mol. The SMILES string of the molecule is CC(C)(C)NCC(O)COc1csc2c1CCC2.Cl. The van der Waals surface area contributed by atoms with Gasteiger partial charge in [0.05, 0.1) is 0 Å². The van der Waals surface area contributed by atoms with Crippen molar-refractivity contribution in [2.24, 2.45) is 0 Å². The first-order chi connectivity index (χ1) is 8.46. The van der Waals surface area contributed by atoms with Gasteiger partial charge in [0.25, 0.3) is 0 Å². The number of ether oxygens (including phenoxy) is 1. The summed E-state index contributed by atoms with van der Waals surface area (Å²) in [5.74, 6) is 0.988. The Labute approximate surface area is 125 Å². The fraction of sp³-hybridized carbons (Fsp3) is 0.714. The molecule has 1 aliphatic rings. The Morgan fingerprint density at radius 1 is 1.42 bits per heavy atom. The van der Waals surface area contributed by atoms with Crippen molar-refractivity contribution in [2.75, 3.05) is 13.2 Å². The summed E-state index contributed by atoms with van der Waals surface area (Å²) < 4.78 is 5.74. The number of β-amino-alcohol motifs (C(OH)–C–C–N with tert-alkyl or cyclic N) is 1. The van der Waals surface area contributed by atoms with E-state index in [9.17, 15) is 5.11 Å². The number of aryl methyl sites for hydroxylation is 1. The first kappa shape index (κ1) is 16.8. The van der Waals surface area contributed by atoms with Gasteiger partial charge >= 0.3 is 0 Å². The summed E-state index contributed by atoms with van der Waals surface area (Å²) in [6.07, 6.45) is 3.11. The van der Waals surface area contributed by atoms with Crippen LogP contribution in [0.1, 0.15) is 37.6 Å². The smallest absolute Gasteiger partial charge is 0.133 e. The van der Waals surface area contributed by atoms with Gasteiger partial charge in [-0.25, -0.2) is 0 Å². The predicted octanol–water partition coefficient (Wildman–Crippen LogP) is 2.79. The van der Waals surface area contributed by atoms with E-state index in [2.05, 4.69) is 31.5 Å². The van der Waals surface area contributed by atoms with E-state index in [1.165, 1.54) is 23.3 Å². The van der Waals surface area contributed by atoms with Crippen LogP contribution in [0.2, 0.25) is 0 Å². The molecule has 1 atom stereocenters. The molecule has 110 valence electrons. The number of rotatable bonds is 5. The second-order valence-corrected chi connectivity index (χ2v) is 6.92. The zero-order chi connectivity index (χ0) is 13.2. The number of fused-ring (bicyclic) bond motifs is 1. The molecule has 1 unspecified atom stereocenters. The van der Waals surface area contributed by atoms with Crippen molar-refractivity contribution in [3.05, 3.63) is 15.8 Å². The second-order valence-electron chi connectivity index (χ2n) is 5.95. The number of nitrogens with one attached hydrogen (secondary N) is 1. The molecule has 0 bridgehead atoms. The molecule has 0 aliphatic heterocycles. The minimum atomic E-state index is -0.457. The third kappa shape index (κ3) is 4.95. The zero-order valence-corrected chi connectivity index (χ0v) is 13.5. The molecule has 0 spiro atoms. The summed E-state index contributed by atoms with van der Waals surface area (Å²) in [5.41, 5.74) is 1.40. The lowest BCUT2D eigenvalue weighted by atomic mass is 10.1. The Kier molecular flexibility index (Phi) is 6.12. The van der Waals surface area contributed by atoms with Crippen LogP contribution in [-0.4, -0.2) is 29.9 Å². The van der Waals surface area contributed by atoms with E-state index in [0.29, 0.717) is 13.2 Å². The number of hydrogen-bond acceptors (Lipinski definition) is 4. The highest BCUT2D eigenvalue weighted by Crippen LogP contribution is 2.36. The number of aliphatic hydroxyl groups excluding tert-OH is 1. The van der Waals surface area contributed by atoms with Gasteiger partial charge in [-0.1, -0.05) is 0 Å². The lowest BCUT2D eigenvalue weighted by molar-refractivity contribution is 0.0998. The minimum absolute atomic E-state index is 0. The van der Waals surface area contributed by atoms with Crippen LogP contribution in [0.25, 0.3) is 0 Å². The van der Waals surface area contributed by atoms with E-state index < -0.39 is 6.10 Å². The predicted molar refractivity (Wildman–Crippen MR) is 82.8 cm³/mol. The van der Waals surface area contributed by atoms with E-state index in [0.717, 1.165) is 12.2 Å². The molecule has 19 heavy (non-hydrogen) atoms. The van der Waals surface area contributed by atoms with Crippen LogP contribution in [0.15, 0.2) is 5.38 Å². The van der Waals surface area contributed by atoms with Gasteiger partial charge in [0.2, 0.25) is 0 Å². The molecule has 0 amide bonds. The number of halogens is 1. The van der Waals surface area contributed by atoms with Gasteiger partial charge in [0.15, 0.2) is 0 Å². The number of aliphatic hydroxyl groups is 1. The molecule has 1 aliphatic carbocycles. The molecule has 1 aromatic heterocycles. The Morgan fingerprint density at radius 3 is 2.84 bits per heavy atom. The summed E-state index contributed by atoms with van der Waals surface area (Å²) in [5, 5.41) is 15.2. The molecule has 0 saturated heterocycles. The first-order valence-corrected chi connectivity index (χ1v) is 7.49. The Morgan fingerprint density at radius 2 is 2.16 bits per heavy atom. The van der Waals surface area contributed by atoms with Gasteiger partial charge in [0, 0.05) is 27.9 Å². The highest BCUT2D eigenvalue weighted by atomic mass is 35.5. The van der Waals surface area contributed by atoms with Crippen molar-refractivity contribution in [3.63, 3.8) is 0 Å². The Hall–Kier alpha value is -0.290. The lowest BCUT2D eigenvalue weighted by Gasteiger charge is -2.22. The molecule has 1 aromatic rings. The Balaban J connectivity index is 0.00000180. The van der Waals surface area contributed by atoms with Crippen LogP contribution in [-0.2, 0) is 12.8 Å². The molecule has 1 heterocycles. The normalized spacial score (nSPS) is 15.8. The van der Waals surface area contributed by atoms with Gasteiger partial charge in [0.1, 0.15) is 18.5 Å². The third-order valence-corrected chi connectivity index (χ3v) is 4.14. The topological polar surface area (TPSA) is 41.5 Å². The van der Waals surface area contributed by atoms with Gasteiger partial charge in [-0.2, -0.15) is 0 Å². The molecular formula is C14H24ClNO2S. The van der Waals surface area contributed by atoms with Crippen LogP contribution in [0.3, 0.4) is 0 Å². The van der Waals surface area contributed by atoms with Crippen LogP contribution in [0, 0.1) is 0 Å². The van der Waals surface area contributed by atoms with E-state index >= 15 is 0 Å². The van der Waals surface area contributed by atoms with E-state index in [4.69, 9.17) is 4.74 Å². The van der Waals surface area contributed by atoms with Crippen molar-refractivity contribution >= 4 is 23.7 Å². The standard InChI is InChI=1S/C14H23NO2S.ClH/c1-14(2,3)15-7-10(16)8-17-12-9-18-13-6-4-5-11(12)13;/h9-10,15-16H,4-8H2,1-3H3;1H. The largest absolute Gasteiger partial charge is 0.490 e. The summed E-state index contributed by atoms with van der Waals surface area (Å²) in [4.78, 5) is 1.47. The molecule has 0 fully saturated rings. The van der Waals surface area contributed by atoms with Crippen LogP contribution in [0.4, 0.5) is 0 Å². The average molecular weight is 306 g/mol. The minimum Gasteiger partial charge on any atom is -0.490 e. The summed E-state index contributed by atoms with van der Waals surface area (Å²) in [6.45, 7) is 7.20. The molecule has 2 rings (SSSR count). The molecule has 0 aromatic carbocycles. The van der Waals surface area contributed by atoms with Gasteiger partial charge in [-0.3, -0.25) is 0 Å². The van der Waals surface area contributed by atoms with Crippen molar-refractivity contribution in [2.45, 2.75) is 51.7 Å². The summed E-state index contributed by atoms with van der Waals surface area (Å²) in [6, 6.07) is 0. The van der Waals surface area contributed by atoms with Crippen molar-refractivity contribution in [3.8, 4) is 5.75 Å². The second kappa shape index (κ2) is 6.93.